The van der Waals surface area contributed by atoms with Crippen LogP contribution in [0.25, 0.3) is 10.8 Å². The zero-order valence-corrected chi connectivity index (χ0v) is 12.6. The molecule has 0 N–H and O–H groups in total. The molecule has 0 radical (unpaired) electrons. The number of nitrogens with zero attached hydrogens (tertiary/aromatic N) is 1. The molecule has 1 fully saturated rings. The molecule has 0 spiro atoms. The summed E-state index contributed by atoms with van der Waals surface area (Å²) in [6.45, 7) is 0.806. The summed E-state index contributed by atoms with van der Waals surface area (Å²) in [6.07, 6.45) is 8.18. The van der Waals surface area contributed by atoms with E-state index in [-0.39, 0.29) is 11.0 Å². The van der Waals surface area contributed by atoms with Gasteiger partial charge in [-0.15, -0.1) is 0 Å². The highest BCUT2D eigenvalue weighted by atomic mass is 32.1. The third-order valence-corrected chi connectivity index (χ3v) is 5.31. The Morgan fingerprint density at radius 3 is 2.60 bits per heavy atom. The maximum absolute atomic E-state index is 12.6. The summed E-state index contributed by atoms with van der Waals surface area (Å²) in [5, 5.41) is 1.84. The van der Waals surface area contributed by atoms with Gasteiger partial charge in [-0.3, -0.25) is 4.79 Å². The molecule has 1 saturated carbocycles. The summed E-state index contributed by atoms with van der Waals surface area (Å²) in [5.74, 6) is 0.867. The van der Waals surface area contributed by atoms with E-state index in [1.807, 2.05) is 41.1 Å². The molecule has 106 valence electrons. The van der Waals surface area contributed by atoms with Crippen molar-refractivity contribution in [2.45, 2.75) is 38.6 Å². The van der Waals surface area contributed by atoms with E-state index in [0.29, 0.717) is 0 Å². The normalized spacial score (nSPS) is 18.2. The summed E-state index contributed by atoms with van der Waals surface area (Å²) < 4.78 is 1.89. The summed E-state index contributed by atoms with van der Waals surface area (Å²) in [7, 11) is 0. The highest BCUT2D eigenvalue weighted by Crippen LogP contribution is 2.38. The molecule has 0 bridgehead atoms. The lowest BCUT2D eigenvalue weighted by atomic mass is 9.75. The van der Waals surface area contributed by atoms with Crippen LogP contribution in [0.3, 0.4) is 0 Å². The van der Waals surface area contributed by atoms with Crippen LogP contribution in [0.1, 0.15) is 32.1 Å². The molecular formula is C17H21NOS. The van der Waals surface area contributed by atoms with E-state index < -0.39 is 0 Å². The average molecular weight is 287 g/mol. The fourth-order valence-corrected chi connectivity index (χ4v) is 3.80. The molecule has 0 amide bonds. The standard InChI is InChI=1S/C17H21NOS/c19-16-15-7-3-2-6-14(15)8-11-18(16)12-17(13-20)9-4-1-5-10-17/h2-3,6-8,11,20H,1,4-5,9-10,12-13H2. The quantitative estimate of drug-likeness (QED) is 0.850. The highest BCUT2D eigenvalue weighted by molar-refractivity contribution is 7.80. The Morgan fingerprint density at radius 1 is 1.10 bits per heavy atom. The fourth-order valence-electron chi connectivity index (χ4n) is 3.38. The van der Waals surface area contributed by atoms with E-state index in [9.17, 15) is 4.79 Å². The molecule has 1 aliphatic rings. The van der Waals surface area contributed by atoms with Gasteiger partial charge in [-0.1, -0.05) is 37.5 Å². The lowest BCUT2D eigenvalue weighted by Crippen LogP contribution is -2.35. The Hall–Kier alpha value is -1.22. The first-order chi connectivity index (χ1) is 9.74. The van der Waals surface area contributed by atoms with Crippen molar-refractivity contribution < 1.29 is 0 Å². The lowest BCUT2D eigenvalue weighted by Gasteiger charge is -2.36. The van der Waals surface area contributed by atoms with Crippen LogP contribution in [0.4, 0.5) is 0 Å². The summed E-state index contributed by atoms with van der Waals surface area (Å²) in [4.78, 5) is 12.6. The molecule has 2 aromatic rings. The molecule has 0 atom stereocenters. The Balaban J connectivity index is 1.98. The molecular weight excluding hydrogens is 266 g/mol. The second-order valence-corrected chi connectivity index (χ2v) is 6.37. The predicted molar refractivity (Wildman–Crippen MR) is 87.6 cm³/mol. The number of fused-ring (bicyclic) bond motifs is 1. The molecule has 0 unspecified atom stereocenters. The topological polar surface area (TPSA) is 22.0 Å². The van der Waals surface area contributed by atoms with Crippen LogP contribution in [0, 0.1) is 5.41 Å². The Morgan fingerprint density at radius 2 is 1.85 bits per heavy atom. The summed E-state index contributed by atoms with van der Waals surface area (Å²) in [5.41, 5.74) is 0.336. The maximum atomic E-state index is 12.6. The van der Waals surface area contributed by atoms with Gasteiger partial charge < -0.3 is 4.57 Å². The Bertz CT molecular complexity index is 655. The van der Waals surface area contributed by atoms with Gasteiger partial charge in [0.2, 0.25) is 0 Å². The minimum atomic E-state index is 0.134. The first-order valence-corrected chi connectivity index (χ1v) is 8.06. The van der Waals surface area contributed by atoms with E-state index in [1.54, 1.807) is 0 Å². The summed E-state index contributed by atoms with van der Waals surface area (Å²) >= 11 is 4.57. The van der Waals surface area contributed by atoms with Gasteiger partial charge in [0.1, 0.15) is 0 Å². The molecule has 0 aliphatic heterocycles. The first kappa shape index (κ1) is 13.7. The first-order valence-electron chi connectivity index (χ1n) is 7.43. The van der Waals surface area contributed by atoms with E-state index in [1.165, 1.54) is 32.1 Å². The van der Waals surface area contributed by atoms with Crippen LogP contribution < -0.4 is 5.56 Å². The van der Waals surface area contributed by atoms with Crippen molar-refractivity contribution in [3.63, 3.8) is 0 Å². The second kappa shape index (κ2) is 5.65. The smallest absolute Gasteiger partial charge is 0.258 e. The van der Waals surface area contributed by atoms with E-state index in [4.69, 9.17) is 0 Å². The average Bonchev–Trinajstić information content (AvgIpc) is 2.51. The van der Waals surface area contributed by atoms with E-state index in [2.05, 4.69) is 12.6 Å². The van der Waals surface area contributed by atoms with Crippen LogP contribution in [-0.4, -0.2) is 10.3 Å². The van der Waals surface area contributed by atoms with Crippen molar-refractivity contribution in [1.29, 1.82) is 0 Å². The van der Waals surface area contributed by atoms with Crippen molar-refractivity contribution in [3.05, 3.63) is 46.9 Å². The monoisotopic (exact) mass is 287 g/mol. The lowest BCUT2D eigenvalue weighted by molar-refractivity contribution is 0.188. The molecule has 2 nitrogen and oxygen atoms in total. The van der Waals surface area contributed by atoms with Gasteiger partial charge in [-0.05, 0) is 41.5 Å². The Kier molecular flexibility index (Phi) is 3.88. The molecule has 1 heterocycles. The van der Waals surface area contributed by atoms with Gasteiger partial charge in [0.15, 0.2) is 0 Å². The minimum Gasteiger partial charge on any atom is -0.314 e. The maximum Gasteiger partial charge on any atom is 0.258 e. The number of pyridine rings is 1. The largest absolute Gasteiger partial charge is 0.314 e. The molecule has 1 aliphatic carbocycles. The van der Waals surface area contributed by atoms with Crippen molar-refractivity contribution in [2.75, 3.05) is 5.75 Å². The zero-order chi connectivity index (χ0) is 14.0. The van der Waals surface area contributed by atoms with Gasteiger partial charge in [0.25, 0.3) is 5.56 Å². The van der Waals surface area contributed by atoms with Crippen molar-refractivity contribution >= 4 is 23.4 Å². The van der Waals surface area contributed by atoms with Crippen LogP contribution in [-0.2, 0) is 6.54 Å². The summed E-state index contributed by atoms with van der Waals surface area (Å²) in [6, 6.07) is 9.87. The molecule has 20 heavy (non-hydrogen) atoms. The fraction of sp³-hybridized carbons (Fsp3) is 0.471. The number of aromatic nitrogens is 1. The van der Waals surface area contributed by atoms with Gasteiger partial charge in [-0.2, -0.15) is 12.6 Å². The van der Waals surface area contributed by atoms with Crippen LogP contribution in [0.2, 0.25) is 0 Å². The number of hydrogen-bond acceptors (Lipinski definition) is 2. The van der Waals surface area contributed by atoms with Gasteiger partial charge in [-0.25, -0.2) is 0 Å². The number of thiol groups is 1. The van der Waals surface area contributed by atoms with Gasteiger partial charge in [0, 0.05) is 18.1 Å². The van der Waals surface area contributed by atoms with E-state index >= 15 is 0 Å². The number of hydrogen-bond donors (Lipinski definition) is 1. The highest BCUT2D eigenvalue weighted by Gasteiger charge is 2.31. The second-order valence-electron chi connectivity index (χ2n) is 6.05. The van der Waals surface area contributed by atoms with Gasteiger partial charge >= 0.3 is 0 Å². The predicted octanol–water partition coefficient (Wildman–Crippen LogP) is 3.88. The van der Waals surface area contributed by atoms with Crippen molar-refractivity contribution in [2.24, 2.45) is 5.41 Å². The molecule has 0 saturated heterocycles. The SMILES string of the molecule is O=c1c2ccccc2ccn1CC1(CS)CCCCC1. The third kappa shape index (κ3) is 2.51. The minimum absolute atomic E-state index is 0.134. The van der Waals surface area contributed by atoms with Crippen LogP contribution >= 0.6 is 12.6 Å². The molecule has 3 heteroatoms. The molecule has 1 aromatic heterocycles. The molecule has 3 rings (SSSR count). The van der Waals surface area contributed by atoms with Crippen molar-refractivity contribution in [1.82, 2.24) is 4.57 Å². The molecule has 1 aromatic carbocycles. The zero-order valence-electron chi connectivity index (χ0n) is 11.7. The van der Waals surface area contributed by atoms with Crippen LogP contribution in [0.15, 0.2) is 41.3 Å². The van der Waals surface area contributed by atoms with Crippen LogP contribution in [0.5, 0.6) is 0 Å². The van der Waals surface area contributed by atoms with Gasteiger partial charge in [0.05, 0.1) is 0 Å². The number of rotatable bonds is 3. The van der Waals surface area contributed by atoms with E-state index in [0.717, 1.165) is 23.1 Å². The third-order valence-electron chi connectivity index (χ3n) is 4.64. The van der Waals surface area contributed by atoms with Crippen molar-refractivity contribution in [3.8, 4) is 0 Å². The Labute approximate surface area is 125 Å². The number of benzene rings is 1.